The lowest BCUT2D eigenvalue weighted by molar-refractivity contribution is -0.139. The standard InChI is InChI=1S/C24H24BrN3O7/c1-3-14-7-5-6-8-17(14)26-21(29)12-28-23(32)18(27-24(28)33)9-15-10-19(34-4-2)20(11-16(15)25)35-13-22(30)31/h5-11H,3-4,12-13H2,1-2H3,(H,26,29)(H,27,33)(H,30,31)/b18-9+. The van der Waals surface area contributed by atoms with Crippen molar-refractivity contribution < 1.29 is 33.8 Å². The number of para-hydroxylation sites is 1. The van der Waals surface area contributed by atoms with Gasteiger partial charge in [-0.05, 0) is 48.7 Å². The Balaban J connectivity index is 1.78. The van der Waals surface area contributed by atoms with Gasteiger partial charge in [-0.25, -0.2) is 14.5 Å². The molecule has 0 spiro atoms. The number of ether oxygens (including phenoxy) is 2. The Hall–Kier alpha value is -3.86. The zero-order chi connectivity index (χ0) is 25.5. The summed E-state index contributed by atoms with van der Waals surface area (Å²) in [4.78, 5) is 49.4. The summed E-state index contributed by atoms with van der Waals surface area (Å²) < 4.78 is 11.3. The summed E-state index contributed by atoms with van der Waals surface area (Å²) in [6.07, 6.45) is 2.14. The number of carboxylic acids is 1. The van der Waals surface area contributed by atoms with Gasteiger partial charge < -0.3 is 25.2 Å². The zero-order valence-corrected chi connectivity index (χ0v) is 20.7. The van der Waals surface area contributed by atoms with Crippen LogP contribution in [0.15, 0.2) is 46.6 Å². The van der Waals surface area contributed by atoms with Crippen LogP contribution in [0.3, 0.4) is 0 Å². The predicted octanol–water partition coefficient (Wildman–Crippen LogP) is 3.41. The number of amides is 4. The van der Waals surface area contributed by atoms with Gasteiger partial charge in [0, 0.05) is 10.2 Å². The number of carbonyl (C=O) groups excluding carboxylic acids is 3. The third-order valence-corrected chi connectivity index (χ3v) is 5.64. The van der Waals surface area contributed by atoms with E-state index in [1.54, 1.807) is 25.1 Å². The molecule has 10 nitrogen and oxygen atoms in total. The number of carbonyl (C=O) groups is 4. The van der Waals surface area contributed by atoms with Crippen molar-refractivity contribution >= 4 is 51.5 Å². The van der Waals surface area contributed by atoms with Crippen LogP contribution in [-0.4, -0.2) is 53.6 Å². The van der Waals surface area contributed by atoms with Crippen LogP contribution in [0.1, 0.15) is 25.0 Å². The molecule has 0 unspecified atom stereocenters. The van der Waals surface area contributed by atoms with E-state index >= 15 is 0 Å². The van der Waals surface area contributed by atoms with Crippen LogP contribution in [0, 0.1) is 0 Å². The molecule has 0 aliphatic carbocycles. The third-order valence-electron chi connectivity index (χ3n) is 4.95. The first-order valence-corrected chi connectivity index (χ1v) is 11.6. The molecule has 1 heterocycles. The van der Waals surface area contributed by atoms with Crippen LogP contribution in [0.25, 0.3) is 6.08 Å². The first-order chi connectivity index (χ1) is 16.7. The number of benzene rings is 2. The van der Waals surface area contributed by atoms with Crippen molar-refractivity contribution in [1.29, 1.82) is 0 Å². The van der Waals surface area contributed by atoms with Crippen LogP contribution in [0.4, 0.5) is 10.5 Å². The largest absolute Gasteiger partial charge is 0.490 e. The number of urea groups is 1. The molecule has 0 atom stereocenters. The molecule has 184 valence electrons. The number of nitrogens with one attached hydrogen (secondary N) is 2. The third kappa shape index (κ3) is 6.38. The molecule has 3 rings (SSSR count). The Morgan fingerprint density at radius 3 is 2.54 bits per heavy atom. The predicted molar refractivity (Wildman–Crippen MR) is 131 cm³/mol. The molecule has 1 aliphatic rings. The second-order valence-corrected chi connectivity index (χ2v) is 8.23. The summed E-state index contributed by atoms with van der Waals surface area (Å²) >= 11 is 3.36. The van der Waals surface area contributed by atoms with Gasteiger partial charge in [0.05, 0.1) is 6.61 Å². The molecule has 1 aliphatic heterocycles. The van der Waals surface area contributed by atoms with Gasteiger partial charge in [-0.3, -0.25) is 9.59 Å². The van der Waals surface area contributed by atoms with Crippen LogP contribution >= 0.6 is 15.9 Å². The highest BCUT2D eigenvalue weighted by Crippen LogP contribution is 2.35. The molecule has 1 fully saturated rings. The molecule has 3 N–H and O–H groups in total. The van der Waals surface area contributed by atoms with E-state index in [-0.39, 0.29) is 17.2 Å². The molecule has 11 heteroatoms. The summed E-state index contributed by atoms with van der Waals surface area (Å²) in [6, 6.07) is 9.63. The van der Waals surface area contributed by atoms with E-state index in [1.807, 2.05) is 19.1 Å². The molecule has 2 aromatic carbocycles. The average molecular weight is 546 g/mol. The van der Waals surface area contributed by atoms with Crippen molar-refractivity contribution in [3.8, 4) is 11.5 Å². The second-order valence-electron chi connectivity index (χ2n) is 7.37. The Labute approximate surface area is 210 Å². The number of rotatable bonds is 10. The maximum absolute atomic E-state index is 12.9. The number of hydrogen-bond donors (Lipinski definition) is 3. The smallest absolute Gasteiger partial charge is 0.341 e. The van der Waals surface area contributed by atoms with Crippen LogP contribution in [0.2, 0.25) is 0 Å². The Bertz CT molecular complexity index is 1200. The maximum Gasteiger partial charge on any atom is 0.341 e. The van der Waals surface area contributed by atoms with Gasteiger partial charge in [0.2, 0.25) is 5.91 Å². The summed E-state index contributed by atoms with van der Waals surface area (Å²) in [5.41, 5.74) is 2.01. The molecule has 1 saturated heterocycles. The highest BCUT2D eigenvalue weighted by molar-refractivity contribution is 9.10. The SMILES string of the molecule is CCOc1cc(/C=C2/NC(=O)N(CC(=O)Nc3ccccc3CC)C2=O)c(Br)cc1OCC(=O)O. The lowest BCUT2D eigenvalue weighted by atomic mass is 10.1. The molecular weight excluding hydrogens is 522 g/mol. The topological polar surface area (TPSA) is 134 Å². The second kappa shape index (κ2) is 11.5. The summed E-state index contributed by atoms with van der Waals surface area (Å²) in [6.45, 7) is 3.00. The minimum absolute atomic E-state index is 0.0286. The van der Waals surface area contributed by atoms with E-state index in [2.05, 4.69) is 26.6 Å². The van der Waals surface area contributed by atoms with Gasteiger partial charge >= 0.3 is 12.0 Å². The normalized spacial score (nSPS) is 14.1. The van der Waals surface area contributed by atoms with Gasteiger partial charge in [0.25, 0.3) is 5.91 Å². The van der Waals surface area contributed by atoms with E-state index in [0.29, 0.717) is 28.8 Å². The first kappa shape index (κ1) is 25.8. The highest BCUT2D eigenvalue weighted by atomic mass is 79.9. The van der Waals surface area contributed by atoms with Crippen molar-refractivity contribution in [3.63, 3.8) is 0 Å². The number of hydrogen-bond acceptors (Lipinski definition) is 6. The Morgan fingerprint density at radius 2 is 1.86 bits per heavy atom. The Kier molecular flexibility index (Phi) is 8.48. The molecule has 0 radical (unpaired) electrons. The van der Waals surface area contributed by atoms with Crippen molar-refractivity contribution in [2.45, 2.75) is 20.3 Å². The van der Waals surface area contributed by atoms with Crippen molar-refractivity contribution in [1.82, 2.24) is 10.2 Å². The van der Waals surface area contributed by atoms with Gasteiger partial charge in [-0.2, -0.15) is 0 Å². The molecule has 0 saturated carbocycles. The zero-order valence-electron chi connectivity index (χ0n) is 19.1. The van der Waals surface area contributed by atoms with Gasteiger partial charge in [0.15, 0.2) is 18.1 Å². The van der Waals surface area contributed by atoms with Crippen LogP contribution in [0.5, 0.6) is 11.5 Å². The maximum atomic E-state index is 12.9. The van der Waals surface area contributed by atoms with Crippen LogP contribution in [-0.2, 0) is 20.8 Å². The molecule has 4 amide bonds. The number of aryl methyl sites for hydroxylation is 1. The van der Waals surface area contributed by atoms with E-state index in [4.69, 9.17) is 14.6 Å². The minimum atomic E-state index is -1.14. The van der Waals surface area contributed by atoms with Crippen molar-refractivity contribution in [2.75, 3.05) is 25.1 Å². The van der Waals surface area contributed by atoms with E-state index in [9.17, 15) is 19.2 Å². The fourth-order valence-corrected chi connectivity index (χ4v) is 3.77. The number of carboxylic acid groups (broad SMARTS) is 1. The fraction of sp³-hybridized carbons (Fsp3) is 0.250. The lowest BCUT2D eigenvalue weighted by Crippen LogP contribution is -2.38. The summed E-state index contributed by atoms with van der Waals surface area (Å²) in [5.74, 6) is -1.83. The summed E-state index contributed by atoms with van der Waals surface area (Å²) in [7, 11) is 0. The van der Waals surface area contributed by atoms with E-state index < -0.39 is 37.0 Å². The minimum Gasteiger partial charge on any atom is -0.490 e. The molecule has 35 heavy (non-hydrogen) atoms. The number of nitrogens with zero attached hydrogens (tertiary/aromatic N) is 1. The highest BCUT2D eigenvalue weighted by Gasteiger charge is 2.35. The molecule has 2 aromatic rings. The van der Waals surface area contributed by atoms with Crippen molar-refractivity contribution in [2.24, 2.45) is 0 Å². The number of halogens is 1. The first-order valence-electron chi connectivity index (χ1n) is 10.8. The van der Waals surface area contributed by atoms with Gasteiger partial charge in [-0.1, -0.05) is 41.1 Å². The van der Waals surface area contributed by atoms with Gasteiger partial charge in [-0.15, -0.1) is 0 Å². The number of aliphatic carboxylic acids is 1. The van der Waals surface area contributed by atoms with Crippen molar-refractivity contribution in [3.05, 3.63) is 57.7 Å². The van der Waals surface area contributed by atoms with E-state index in [0.717, 1.165) is 10.5 Å². The average Bonchev–Trinajstić information content (AvgIpc) is 3.07. The molecule has 0 bridgehead atoms. The Morgan fingerprint density at radius 1 is 1.14 bits per heavy atom. The number of anilines is 1. The van der Waals surface area contributed by atoms with E-state index in [1.165, 1.54) is 12.1 Å². The molecular formula is C24H24BrN3O7. The fourth-order valence-electron chi connectivity index (χ4n) is 3.34. The van der Waals surface area contributed by atoms with Gasteiger partial charge in [0.1, 0.15) is 12.2 Å². The monoisotopic (exact) mass is 545 g/mol. The lowest BCUT2D eigenvalue weighted by Gasteiger charge is -2.14. The quantitative estimate of drug-likeness (QED) is 0.307. The van der Waals surface area contributed by atoms with Crippen LogP contribution < -0.4 is 20.1 Å². The summed E-state index contributed by atoms with van der Waals surface area (Å²) in [5, 5.41) is 14.1. The molecule has 0 aromatic heterocycles. The number of imide groups is 1.